The van der Waals surface area contributed by atoms with Crippen molar-refractivity contribution in [3.8, 4) is 0 Å². The van der Waals surface area contributed by atoms with Crippen molar-refractivity contribution in [3.63, 3.8) is 0 Å². The van der Waals surface area contributed by atoms with Crippen molar-refractivity contribution in [1.29, 1.82) is 0 Å². The normalized spacial score (nSPS) is 20.5. The molecule has 1 aliphatic heterocycles. The first-order valence-corrected chi connectivity index (χ1v) is 6.47. The van der Waals surface area contributed by atoms with Gasteiger partial charge in [-0.3, -0.25) is 4.99 Å². The first-order chi connectivity index (χ1) is 5.83. The van der Waals surface area contributed by atoms with E-state index >= 15 is 0 Å². The van der Waals surface area contributed by atoms with Crippen molar-refractivity contribution in [3.05, 3.63) is 0 Å². The van der Waals surface area contributed by atoms with E-state index in [2.05, 4.69) is 24.2 Å². The van der Waals surface area contributed by atoms with Gasteiger partial charge >= 0.3 is 0 Å². The van der Waals surface area contributed by atoms with E-state index < -0.39 is 0 Å². The Bertz CT molecular complexity index is 199. The minimum Gasteiger partial charge on any atom is -0.279 e. The number of hydrogen-bond donors (Lipinski definition) is 0. The molecule has 3 heteroatoms. The van der Waals surface area contributed by atoms with E-state index in [9.17, 15) is 0 Å². The largest absolute Gasteiger partial charge is 0.279 e. The summed E-state index contributed by atoms with van der Waals surface area (Å²) in [4.78, 5) is 4.39. The van der Waals surface area contributed by atoms with Gasteiger partial charge in [-0.2, -0.15) is 10.5 Å². The zero-order valence-electron chi connectivity index (χ0n) is 8.58. The SMILES string of the molecule is CCCCCCS1=CC(C)=NC1.Cl. The molecular weight excluding hydrogens is 202 g/mol. The molecule has 13 heavy (non-hydrogen) atoms. The Morgan fingerprint density at radius 1 is 1.38 bits per heavy atom. The van der Waals surface area contributed by atoms with Crippen molar-refractivity contribution >= 4 is 34.0 Å². The van der Waals surface area contributed by atoms with Crippen LogP contribution in [0.3, 0.4) is 0 Å². The van der Waals surface area contributed by atoms with Gasteiger partial charge in [-0.15, -0.1) is 12.4 Å². The second-order valence-electron chi connectivity index (χ2n) is 3.35. The summed E-state index contributed by atoms with van der Waals surface area (Å²) < 4.78 is 0. The van der Waals surface area contributed by atoms with Gasteiger partial charge in [-0.05, 0) is 24.5 Å². The Hall–Kier alpha value is 0.180. The van der Waals surface area contributed by atoms with E-state index in [0.29, 0.717) is 10.5 Å². The Morgan fingerprint density at radius 3 is 2.69 bits per heavy atom. The van der Waals surface area contributed by atoms with Crippen LogP contribution >= 0.6 is 22.9 Å². The highest BCUT2D eigenvalue weighted by Gasteiger charge is 2.01. The molecule has 0 aromatic rings. The Balaban J connectivity index is 0.00000144. The predicted octanol–water partition coefficient (Wildman–Crippen LogP) is 3.49. The third kappa shape index (κ3) is 5.48. The van der Waals surface area contributed by atoms with Crippen molar-refractivity contribution in [2.75, 3.05) is 11.6 Å². The van der Waals surface area contributed by atoms with Crippen molar-refractivity contribution in [2.24, 2.45) is 4.99 Å². The molecule has 0 radical (unpaired) electrons. The van der Waals surface area contributed by atoms with Crippen LogP contribution in [0, 0.1) is 0 Å². The van der Waals surface area contributed by atoms with Gasteiger partial charge in [0, 0.05) is 5.71 Å². The molecule has 1 aliphatic rings. The van der Waals surface area contributed by atoms with Gasteiger partial charge in [0.25, 0.3) is 0 Å². The molecule has 0 saturated carbocycles. The second kappa shape index (κ2) is 7.57. The molecule has 0 N–H and O–H groups in total. The standard InChI is InChI=1S/C10H19NS.ClH/c1-3-4-5-6-7-12-8-10(2)11-9-12;/h8H,3-7,9H2,1-2H3;1H. The zero-order valence-corrected chi connectivity index (χ0v) is 10.2. The van der Waals surface area contributed by atoms with E-state index in [1.165, 1.54) is 37.1 Å². The van der Waals surface area contributed by atoms with Gasteiger partial charge in [-0.25, -0.2) is 0 Å². The lowest BCUT2D eigenvalue weighted by molar-refractivity contribution is 0.706. The maximum atomic E-state index is 4.39. The predicted molar refractivity (Wildman–Crippen MR) is 67.9 cm³/mol. The molecule has 1 heterocycles. The number of unbranched alkanes of at least 4 members (excludes halogenated alkanes) is 3. The molecule has 1 atom stereocenters. The average molecular weight is 222 g/mol. The summed E-state index contributed by atoms with van der Waals surface area (Å²) >= 11 is 0. The summed E-state index contributed by atoms with van der Waals surface area (Å²) in [5.74, 6) is 2.46. The molecule has 78 valence electrons. The second-order valence-corrected chi connectivity index (χ2v) is 5.33. The third-order valence-corrected chi connectivity index (χ3v) is 4.03. The van der Waals surface area contributed by atoms with Gasteiger partial charge in [0.05, 0.1) is 5.88 Å². The van der Waals surface area contributed by atoms with Crippen LogP contribution in [-0.2, 0) is 0 Å². The summed E-state index contributed by atoms with van der Waals surface area (Å²) in [5, 5.41) is 2.35. The zero-order chi connectivity index (χ0) is 8.81. The van der Waals surface area contributed by atoms with Crippen LogP contribution in [0.15, 0.2) is 4.99 Å². The molecule has 0 bridgehead atoms. The highest BCUT2D eigenvalue weighted by molar-refractivity contribution is 8.16. The van der Waals surface area contributed by atoms with E-state index in [1.807, 2.05) is 0 Å². The van der Waals surface area contributed by atoms with Crippen LogP contribution in [0.1, 0.15) is 39.5 Å². The average Bonchev–Trinajstić information content (AvgIpc) is 2.45. The smallest absolute Gasteiger partial charge is 0.0800 e. The van der Waals surface area contributed by atoms with E-state index in [0.717, 1.165) is 5.88 Å². The van der Waals surface area contributed by atoms with Gasteiger partial charge in [0.15, 0.2) is 0 Å². The van der Waals surface area contributed by atoms with Gasteiger partial charge < -0.3 is 0 Å². The highest BCUT2D eigenvalue weighted by atomic mass is 35.5. The van der Waals surface area contributed by atoms with E-state index in [4.69, 9.17) is 0 Å². The van der Waals surface area contributed by atoms with Crippen LogP contribution in [0.25, 0.3) is 0 Å². The minimum atomic E-state index is 0. The lowest BCUT2D eigenvalue weighted by Gasteiger charge is -2.01. The summed E-state index contributed by atoms with van der Waals surface area (Å²) in [6, 6.07) is 0. The van der Waals surface area contributed by atoms with Crippen LogP contribution in [-0.4, -0.2) is 22.7 Å². The Kier molecular flexibility index (Phi) is 7.68. The number of rotatable bonds is 5. The molecule has 0 saturated heterocycles. The van der Waals surface area contributed by atoms with Crippen molar-refractivity contribution in [2.45, 2.75) is 39.5 Å². The van der Waals surface area contributed by atoms with Crippen molar-refractivity contribution in [1.82, 2.24) is 0 Å². The molecule has 0 fully saturated rings. The fraction of sp³-hybridized carbons (Fsp3) is 0.800. The minimum absolute atomic E-state index is 0. The summed E-state index contributed by atoms with van der Waals surface area (Å²) in [5.41, 5.74) is 1.26. The number of nitrogens with zero attached hydrogens (tertiary/aromatic N) is 1. The molecule has 0 aromatic carbocycles. The Morgan fingerprint density at radius 2 is 2.15 bits per heavy atom. The maximum Gasteiger partial charge on any atom is 0.0800 e. The third-order valence-electron chi connectivity index (χ3n) is 2.08. The topological polar surface area (TPSA) is 12.4 Å². The molecule has 0 aromatic heterocycles. The van der Waals surface area contributed by atoms with Crippen LogP contribution in [0.5, 0.6) is 0 Å². The van der Waals surface area contributed by atoms with Crippen LogP contribution in [0.4, 0.5) is 0 Å². The lowest BCUT2D eigenvalue weighted by atomic mass is 10.2. The Labute approximate surface area is 90.4 Å². The number of halogens is 1. The van der Waals surface area contributed by atoms with Gasteiger partial charge in [-0.1, -0.05) is 26.2 Å². The van der Waals surface area contributed by atoms with E-state index in [1.54, 1.807) is 0 Å². The van der Waals surface area contributed by atoms with Gasteiger partial charge in [0.1, 0.15) is 0 Å². The maximum absolute atomic E-state index is 4.39. The fourth-order valence-electron chi connectivity index (χ4n) is 1.34. The molecular formula is C10H20ClNS. The molecule has 1 rings (SSSR count). The quantitative estimate of drug-likeness (QED) is 0.498. The summed E-state index contributed by atoms with van der Waals surface area (Å²) in [6.45, 7) is 4.37. The summed E-state index contributed by atoms with van der Waals surface area (Å²) in [7, 11) is 0.510. The monoisotopic (exact) mass is 221 g/mol. The molecule has 0 spiro atoms. The number of aliphatic imine (C=N–C) groups is 1. The molecule has 0 amide bonds. The first-order valence-electron chi connectivity index (χ1n) is 4.85. The molecule has 1 unspecified atom stereocenters. The lowest BCUT2D eigenvalue weighted by Crippen LogP contribution is -1.87. The summed E-state index contributed by atoms with van der Waals surface area (Å²) in [6.07, 6.45) is 5.55. The van der Waals surface area contributed by atoms with E-state index in [-0.39, 0.29) is 12.4 Å². The fourth-order valence-corrected chi connectivity index (χ4v) is 3.16. The first kappa shape index (κ1) is 13.2. The number of hydrogen-bond acceptors (Lipinski definition) is 1. The van der Waals surface area contributed by atoms with Gasteiger partial charge in [0.2, 0.25) is 0 Å². The molecule has 1 nitrogen and oxygen atoms in total. The van der Waals surface area contributed by atoms with Crippen LogP contribution in [0.2, 0.25) is 0 Å². The van der Waals surface area contributed by atoms with Crippen LogP contribution < -0.4 is 0 Å². The van der Waals surface area contributed by atoms with Crippen molar-refractivity contribution < 1.29 is 0 Å². The molecule has 0 aliphatic carbocycles. The highest BCUT2D eigenvalue weighted by Crippen LogP contribution is 2.19.